The smallest absolute Gasteiger partial charge is 0.317 e. The van der Waals surface area contributed by atoms with E-state index < -0.39 is 5.60 Å². The summed E-state index contributed by atoms with van der Waals surface area (Å²) in [5.41, 5.74) is 0.725. The summed E-state index contributed by atoms with van der Waals surface area (Å²) >= 11 is 0. The third-order valence-corrected chi connectivity index (χ3v) is 8.60. The summed E-state index contributed by atoms with van der Waals surface area (Å²) in [7, 11) is 3.67. The van der Waals surface area contributed by atoms with Gasteiger partial charge in [0.25, 0.3) is 0 Å². The Hall–Kier alpha value is -2.16. The molecule has 2 fully saturated rings. The van der Waals surface area contributed by atoms with Crippen LogP contribution in [0.4, 0.5) is 4.79 Å². The molecular formula is C29H47N5O3. The van der Waals surface area contributed by atoms with Crippen molar-refractivity contribution in [3.8, 4) is 0 Å². The maximum Gasteiger partial charge on any atom is 0.317 e. The third-order valence-electron chi connectivity index (χ3n) is 8.60. The molecule has 2 heterocycles. The van der Waals surface area contributed by atoms with E-state index in [0.29, 0.717) is 25.5 Å². The molecule has 1 saturated heterocycles. The van der Waals surface area contributed by atoms with Crippen LogP contribution in [0, 0.1) is 11.8 Å². The topological polar surface area (TPSA) is 103 Å². The number of para-hydroxylation sites is 1. The summed E-state index contributed by atoms with van der Waals surface area (Å²) < 4.78 is 5.26. The lowest BCUT2D eigenvalue weighted by Gasteiger charge is -2.43. The fourth-order valence-electron chi connectivity index (χ4n) is 6.61. The lowest BCUT2D eigenvalue weighted by atomic mass is 9.73. The second kappa shape index (κ2) is 13.6. The van der Waals surface area contributed by atoms with Gasteiger partial charge < -0.3 is 25.4 Å². The summed E-state index contributed by atoms with van der Waals surface area (Å²) in [5.74, 6) is 0.651. The van der Waals surface area contributed by atoms with Crippen molar-refractivity contribution in [2.24, 2.45) is 11.8 Å². The predicted octanol–water partition coefficient (Wildman–Crippen LogP) is 4.55. The van der Waals surface area contributed by atoms with E-state index >= 15 is 0 Å². The highest BCUT2D eigenvalue weighted by Gasteiger charge is 2.42. The number of aromatic nitrogens is 2. The van der Waals surface area contributed by atoms with Crippen LogP contribution in [0.1, 0.15) is 76.2 Å². The number of H-pyrrole nitrogens is 1. The Labute approximate surface area is 221 Å². The van der Waals surface area contributed by atoms with Crippen molar-refractivity contribution in [1.29, 1.82) is 0 Å². The molecule has 1 aromatic carbocycles. The molecule has 8 heteroatoms. The number of benzene rings is 1. The molecule has 0 bridgehead atoms. The number of amides is 2. The number of aliphatic hydroxyl groups is 1. The fourth-order valence-corrected chi connectivity index (χ4v) is 6.61. The number of hydrogen-bond acceptors (Lipinski definition) is 5. The zero-order chi connectivity index (χ0) is 26.1. The van der Waals surface area contributed by atoms with Crippen LogP contribution in [0.2, 0.25) is 0 Å². The van der Waals surface area contributed by atoms with Gasteiger partial charge in [0.05, 0.1) is 17.3 Å². The molecule has 8 nitrogen and oxygen atoms in total. The molecule has 206 valence electrons. The third kappa shape index (κ3) is 7.03. The molecule has 0 spiro atoms. The monoisotopic (exact) mass is 513 g/mol. The molecule has 37 heavy (non-hydrogen) atoms. The quantitative estimate of drug-likeness (QED) is 0.312. The Morgan fingerprint density at radius 3 is 2.86 bits per heavy atom. The van der Waals surface area contributed by atoms with Crippen LogP contribution in [0.5, 0.6) is 0 Å². The van der Waals surface area contributed by atoms with Crippen molar-refractivity contribution in [3.05, 3.63) is 30.0 Å². The number of nitrogens with one attached hydrogen (secondary N) is 3. The van der Waals surface area contributed by atoms with Crippen LogP contribution in [0.3, 0.4) is 0 Å². The molecule has 1 aromatic heterocycles. The number of hydrogen-bond donors (Lipinski definition) is 4. The summed E-state index contributed by atoms with van der Waals surface area (Å²) in [6.45, 7) is 2.74. The van der Waals surface area contributed by atoms with Crippen LogP contribution in [0.25, 0.3) is 10.9 Å². The first kappa shape index (κ1) is 27.9. The molecule has 1 saturated carbocycles. The molecular weight excluding hydrogens is 466 g/mol. The Bertz CT molecular complexity index is 975. The van der Waals surface area contributed by atoms with E-state index in [0.717, 1.165) is 61.7 Å². The lowest BCUT2D eigenvalue weighted by molar-refractivity contribution is -0.0553. The van der Waals surface area contributed by atoms with E-state index in [4.69, 9.17) is 4.74 Å². The highest BCUT2D eigenvalue weighted by Crippen LogP contribution is 2.42. The van der Waals surface area contributed by atoms with Crippen molar-refractivity contribution >= 4 is 16.9 Å². The number of nitrogens with zero attached hydrogens (tertiary/aromatic N) is 2. The van der Waals surface area contributed by atoms with Gasteiger partial charge in [-0.2, -0.15) is 5.10 Å². The molecule has 0 radical (unpaired) electrons. The van der Waals surface area contributed by atoms with E-state index in [1.54, 1.807) is 13.3 Å². The first-order chi connectivity index (χ1) is 18.0. The normalized spacial score (nSPS) is 21.6. The second-order valence-electron chi connectivity index (χ2n) is 11.2. The molecule has 4 N–H and O–H groups in total. The minimum atomic E-state index is -1.05. The SMILES string of the molecule is CNC[C@H](CC1CCCCC1)NC(=O)N1CCC[C@@H]([C@@](O)(CCCCOC)c2cccc3cn[nH]c23)C1. The summed E-state index contributed by atoms with van der Waals surface area (Å²) in [4.78, 5) is 15.4. The molecule has 1 aliphatic heterocycles. The fraction of sp³-hybridized carbons (Fsp3) is 0.724. The maximum atomic E-state index is 13.5. The number of carbonyl (C=O) groups is 1. The summed E-state index contributed by atoms with van der Waals surface area (Å²) in [6, 6.07) is 6.16. The van der Waals surface area contributed by atoms with Crippen molar-refractivity contribution in [1.82, 2.24) is 25.7 Å². The number of rotatable bonds is 12. The zero-order valence-electron chi connectivity index (χ0n) is 22.8. The van der Waals surface area contributed by atoms with Crippen LogP contribution in [-0.4, -0.2) is 72.7 Å². The number of urea groups is 1. The Morgan fingerprint density at radius 2 is 2.08 bits per heavy atom. The lowest BCUT2D eigenvalue weighted by Crippen LogP contribution is -2.54. The molecule has 4 rings (SSSR count). The molecule has 1 aliphatic carbocycles. The number of carbonyl (C=O) groups excluding carboxylic acids is 1. The van der Waals surface area contributed by atoms with Crippen molar-refractivity contribution in [2.75, 3.05) is 40.4 Å². The molecule has 0 unspecified atom stereocenters. The first-order valence-electron chi connectivity index (χ1n) is 14.4. The van der Waals surface area contributed by atoms with Gasteiger partial charge in [0.1, 0.15) is 0 Å². The first-order valence-corrected chi connectivity index (χ1v) is 14.4. The van der Waals surface area contributed by atoms with Crippen molar-refractivity contribution < 1.29 is 14.6 Å². The maximum absolute atomic E-state index is 13.5. The molecule has 2 amide bonds. The van der Waals surface area contributed by atoms with Gasteiger partial charge in [-0.25, -0.2) is 4.79 Å². The molecule has 2 aromatic rings. The van der Waals surface area contributed by atoms with E-state index in [9.17, 15) is 9.90 Å². The molecule has 2 aliphatic rings. The van der Waals surface area contributed by atoms with Gasteiger partial charge in [-0.15, -0.1) is 0 Å². The van der Waals surface area contributed by atoms with Crippen LogP contribution < -0.4 is 10.6 Å². The summed E-state index contributed by atoms with van der Waals surface area (Å²) in [5, 5.41) is 27.3. The Morgan fingerprint density at radius 1 is 1.24 bits per heavy atom. The van der Waals surface area contributed by atoms with Gasteiger partial charge in [0.15, 0.2) is 0 Å². The van der Waals surface area contributed by atoms with E-state index in [1.165, 1.54) is 32.1 Å². The van der Waals surface area contributed by atoms with Gasteiger partial charge in [-0.05, 0) is 51.5 Å². The molecule has 3 atom stereocenters. The second-order valence-corrected chi connectivity index (χ2v) is 11.2. The van der Waals surface area contributed by atoms with Gasteiger partial charge in [0.2, 0.25) is 0 Å². The highest BCUT2D eigenvalue weighted by molar-refractivity contribution is 5.82. The largest absolute Gasteiger partial charge is 0.385 e. The van der Waals surface area contributed by atoms with E-state index in [1.807, 2.05) is 30.1 Å². The minimum Gasteiger partial charge on any atom is -0.385 e. The number of aromatic amines is 1. The average Bonchev–Trinajstić information content (AvgIpc) is 3.41. The van der Waals surface area contributed by atoms with Gasteiger partial charge >= 0.3 is 6.03 Å². The van der Waals surface area contributed by atoms with Gasteiger partial charge in [0, 0.05) is 56.3 Å². The van der Waals surface area contributed by atoms with E-state index in [2.05, 4.69) is 20.8 Å². The zero-order valence-corrected chi connectivity index (χ0v) is 22.8. The minimum absolute atomic E-state index is 0.00208. The standard InChI is InChI=1S/C29H47N5O3/c1-30-20-25(18-22-10-4-3-5-11-22)32-28(35)34-16-9-13-24(21-34)29(36,15-6-7-17-37-2)26-14-8-12-23-19-31-33-27(23)26/h8,12,14,19,22,24-25,30,36H,3-7,9-11,13,15-18,20-21H2,1-2H3,(H,31,33)(H,32,35)/t24-,25+,29+/m1/s1. The Kier molecular flexibility index (Phi) is 10.2. The number of methoxy groups -OCH3 is 1. The predicted molar refractivity (Wildman–Crippen MR) is 147 cm³/mol. The number of ether oxygens (including phenoxy) is 1. The van der Waals surface area contributed by atoms with Crippen LogP contribution >= 0.6 is 0 Å². The van der Waals surface area contributed by atoms with Crippen molar-refractivity contribution in [3.63, 3.8) is 0 Å². The Balaban J connectivity index is 1.48. The number of piperidine rings is 1. The van der Waals surface area contributed by atoms with Gasteiger partial charge in [-0.3, -0.25) is 5.10 Å². The van der Waals surface area contributed by atoms with Crippen LogP contribution in [-0.2, 0) is 10.3 Å². The summed E-state index contributed by atoms with van der Waals surface area (Å²) in [6.07, 6.45) is 13.5. The number of likely N-dealkylation sites (tertiary alicyclic amines) is 1. The van der Waals surface area contributed by atoms with Crippen molar-refractivity contribution in [2.45, 2.75) is 82.3 Å². The van der Waals surface area contributed by atoms with E-state index in [-0.39, 0.29) is 18.0 Å². The number of fused-ring (bicyclic) bond motifs is 1. The average molecular weight is 514 g/mol. The number of likely N-dealkylation sites (N-methyl/N-ethyl adjacent to an activating group) is 1. The number of unbranched alkanes of at least 4 members (excludes halogenated alkanes) is 1. The van der Waals surface area contributed by atoms with Gasteiger partial charge in [-0.1, -0.05) is 50.3 Å². The van der Waals surface area contributed by atoms with Crippen LogP contribution in [0.15, 0.2) is 24.4 Å². The highest BCUT2D eigenvalue weighted by atomic mass is 16.5.